The van der Waals surface area contributed by atoms with Gasteiger partial charge in [0.2, 0.25) is 0 Å². The number of fused-ring (bicyclic) bond motifs is 3. The zero-order valence-electron chi connectivity index (χ0n) is 29.3. The molecule has 0 atom stereocenters. The fourth-order valence-electron chi connectivity index (χ4n) is 7.35. The van der Waals surface area contributed by atoms with Crippen LogP contribution in [0.25, 0.3) is 32.7 Å². The molecular weight excluding hydrogens is 686 g/mol. The first-order valence-electron chi connectivity index (χ1n) is 18.1. The lowest BCUT2D eigenvalue weighted by molar-refractivity contribution is 0.0765. The number of ether oxygens (including phenoxy) is 3. The van der Waals surface area contributed by atoms with Crippen molar-refractivity contribution in [2.24, 2.45) is 0 Å². The van der Waals surface area contributed by atoms with Crippen LogP contribution in [0.1, 0.15) is 0 Å². The zero-order chi connectivity index (χ0) is 35.4. The molecule has 9 rings (SSSR count). The Labute approximate surface area is 313 Å². The molecular formula is C48H38O3P2. The van der Waals surface area contributed by atoms with Crippen molar-refractivity contribution in [1.82, 2.24) is 0 Å². The van der Waals surface area contributed by atoms with Gasteiger partial charge in [-0.3, -0.25) is 0 Å². The lowest BCUT2D eigenvalue weighted by atomic mass is 9.93. The van der Waals surface area contributed by atoms with Crippen LogP contribution in [-0.2, 0) is 4.74 Å². The predicted molar refractivity (Wildman–Crippen MR) is 226 cm³/mol. The standard InChI is InChI=1S/C48H38O3P2/c1-5-13-39(14-6-1)52(40-15-7-2-8-16-40)45-27-23-35-21-25-37-33-43(35)47(45)48-44-34-38(51-32-30-49-29-31-50-37)26-22-36(44)24-28-46(48)53(41-17-9-3-10-18-41)42-19-11-4-12-20-42/h1-28,33-34H,29-32H2. The normalized spacial score (nSPS) is 13.2. The fraction of sp³-hybridized carbons (Fsp3) is 0.0833. The summed E-state index contributed by atoms with van der Waals surface area (Å²) in [4.78, 5) is 0. The monoisotopic (exact) mass is 724 g/mol. The van der Waals surface area contributed by atoms with Gasteiger partial charge in [-0.25, -0.2) is 0 Å². The molecule has 0 aromatic heterocycles. The van der Waals surface area contributed by atoms with Crippen LogP contribution in [0.4, 0.5) is 0 Å². The average molecular weight is 725 g/mol. The van der Waals surface area contributed by atoms with Gasteiger partial charge in [-0.1, -0.05) is 158 Å². The van der Waals surface area contributed by atoms with Gasteiger partial charge in [-0.15, -0.1) is 0 Å². The van der Waals surface area contributed by atoms with Crippen LogP contribution < -0.4 is 41.3 Å². The van der Waals surface area contributed by atoms with Crippen LogP contribution in [-0.4, -0.2) is 26.4 Å². The number of rotatable bonds is 6. The van der Waals surface area contributed by atoms with Crippen LogP contribution in [0, 0.1) is 0 Å². The van der Waals surface area contributed by atoms with E-state index in [0.29, 0.717) is 26.4 Å². The third-order valence-corrected chi connectivity index (χ3v) is 14.7. The van der Waals surface area contributed by atoms with Crippen molar-refractivity contribution in [3.05, 3.63) is 182 Å². The Balaban J connectivity index is 1.45. The van der Waals surface area contributed by atoms with Crippen LogP contribution in [0.3, 0.4) is 0 Å². The molecule has 5 heteroatoms. The second kappa shape index (κ2) is 15.4. The molecule has 0 N–H and O–H groups in total. The van der Waals surface area contributed by atoms with Gasteiger partial charge in [0.25, 0.3) is 0 Å². The molecule has 0 amide bonds. The highest BCUT2D eigenvalue weighted by Crippen LogP contribution is 2.46. The van der Waals surface area contributed by atoms with E-state index < -0.39 is 15.8 Å². The van der Waals surface area contributed by atoms with Gasteiger partial charge in [0.1, 0.15) is 24.7 Å². The Hall–Kier alpha value is -5.30. The molecule has 8 aromatic rings. The average Bonchev–Trinajstić information content (AvgIpc) is 3.22. The summed E-state index contributed by atoms with van der Waals surface area (Å²) < 4.78 is 18.7. The van der Waals surface area contributed by atoms with E-state index in [1.165, 1.54) is 64.5 Å². The van der Waals surface area contributed by atoms with E-state index in [2.05, 4.69) is 182 Å². The van der Waals surface area contributed by atoms with E-state index in [9.17, 15) is 0 Å². The van der Waals surface area contributed by atoms with Crippen LogP contribution in [0.5, 0.6) is 11.5 Å². The number of benzene rings is 8. The quantitative estimate of drug-likeness (QED) is 0.160. The molecule has 0 spiro atoms. The molecule has 0 aliphatic carbocycles. The Morgan fingerprint density at radius 2 is 0.679 bits per heavy atom. The van der Waals surface area contributed by atoms with E-state index in [0.717, 1.165) is 11.5 Å². The molecule has 1 aliphatic heterocycles. The Morgan fingerprint density at radius 3 is 1.04 bits per heavy atom. The molecule has 4 bridgehead atoms. The smallest absolute Gasteiger partial charge is 0.120 e. The van der Waals surface area contributed by atoms with Crippen LogP contribution in [0.2, 0.25) is 0 Å². The first-order chi connectivity index (χ1) is 26.3. The molecule has 0 unspecified atom stereocenters. The zero-order valence-corrected chi connectivity index (χ0v) is 31.1. The van der Waals surface area contributed by atoms with Crippen molar-refractivity contribution >= 4 is 69.2 Å². The lowest BCUT2D eigenvalue weighted by Crippen LogP contribution is -2.26. The van der Waals surface area contributed by atoms with Gasteiger partial charge in [0.15, 0.2) is 0 Å². The molecule has 0 radical (unpaired) electrons. The summed E-state index contributed by atoms with van der Waals surface area (Å²) in [6.45, 7) is 1.90. The van der Waals surface area contributed by atoms with Gasteiger partial charge in [0.05, 0.1) is 13.2 Å². The second-order valence-corrected chi connectivity index (χ2v) is 17.4. The van der Waals surface area contributed by atoms with Crippen molar-refractivity contribution in [1.29, 1.82) is 0 Å². The molecule has 258 valence electrons. The van der Waals surface area contributed by atoms with Crippen molar-refractivity contribution in [2.45, 2.75) is 0 Å². The van der Waals surface area contributed by atoms with Crippen molar-refractivity contribution in [3.8, 4) is 22.6 Å². The minimum atomic E-state index is -0.969. The Morgan fingerprint density at radius 1 is 0.340 bits per heavy atom. The number of hydrogen-bond acceptors (Lipinski definition) is 3. The van der Waals surface area contributed by atoms with Gasteiger partial charge in [0, 0.05) is 0 Å². The van der Waals surface area contributed by atoms with E-state index >= 15 is 0 Å². The van der Waals surface area contributed by atoms with Gasteiger partial charge >= 0.3 is 0 Å². The van der Waals surface area contributed by atoms with Crippen LogP contribution >= 0.6 is 15.8 Å². The SMILES string of the molecule is c1ccc(P(c2ccccc2)c2ccc3ccc4cc3c2-c2c(P(c3ccccc3)c3ccccc3)ccc3ccc(cc23)OCCOCCO4)cc1. The highest BCUT2D eigenvalue weighted by atomic mass is 31.1. The number of hydrogen-bond donors (Lipinski definition) is 0. The van der Waals surface area contributed by atoms with Gasteiger partial charge in [-0.2, -0.15) is 0 Å². The summed E-state index contributed by atoms with van der Waals surface area (Å²) in [5.41, 5.74) is 2.49. The summed E-state index contributed by atoms with van der Waals surface area (Å²) in [7, 11) is -1.94. The van der Waals surface area contributed by atoms with Gasteiger partial charge in [-0.05, 0) is 105 Å². The highest BCUT2D eigenvalue weighted by molar-refractivity contribution is 7.80. The largest absolute Gasteiger partial charge is 0.491 e. The first-order valence-corrected chi connectivity index (χ1v) is 20.8. The summed E-state index contributed by atoms with van der Waals surface area (Å²) in [5.74, 6) is 1.68. The molecule has 0 fully saturated rings. The van der Waals surface area contributed by atoms with E-state index in [-0.39, 0.29) is 0 Å². The van der Waals surface area contributed by atoms with Crippen molar-refractivity contribution < 1.29 is 14.2 Å². The van der Waals surface area contributed by atoms with E-state index in [1.807, 2.05) is 0 Å². The molecule has 0 saturated heterocycles. The predicted octanol–water partition coefficient (Wildman–Crippen LogP) is 8.96. The summed E-state index contributed by atoms with van der Waals surface area (Å²) in [6, 6.07) is 66.6. The van der Waals surface area contributed by atoms with E-state index in [1.54, 1.807) is 0 Å². The third kappa shape index (κ3) is 6.85. The van der Waals surface area contributed by atoms with Crippen molar-refractivity contribution in [3.63, 3.8) is 0 Å². The molecule has 53 heavy (non-hydrogen) atoms. The van der Waals surface area contributed by atoms with Crippen molar-refractivity contribution in [2.75, 3.05) is 26.4 Å². The Kier molecular flexibility index (Phi) is 9.71. The summed E-state index contributed by atoms with van der Waals surface area (Å²) >= 11 is 0. The molecule has 8 aromatic carbocycles. The molecule has 3 nitrogen and oxygen atoms in total. The topological polar surface area (TPSA) is 27.7 Å². The minimum Gasteiger partial charge on any atom is -0.491 e. The third-order valence-electron chi connectivity index (χ3n) is 9.72. The van der Waals surface area contributed by atoms with E-state index in [4.69, 9.17) is 14.2 Å². The minimum absolute atomic E-state index is 0.461. The summed E-state index contributed by atoms with van der Waals surface area (Å²) in [6.07, 6.45) is 0. The van der Waals surface area contributed by atoms with Crippen LogP contribution in [0.15, 0.2) is 182 Å². The maximum Gasteiger partial charge on any atom is 0.120 e. The fourth-order valence-corrected chi connectivity index (χ4v) is 12.3. The molecule has 1 aliphatic rings. The molecule has 0 saturated carbocycles. The summed E-state index contributed by atoms with van der Waals surface area (Å²) in [5, 5.41) is 12.5. The highest BCUT2D eigenvalue weighted by Gasteiger charge is 2.28. The first kappa shape index (κ1) is 33.5. The van der Waals surface area contributed by atoms with Gasteiger partial charge < -0.3 is 14.2 Å². The second-order valence-electron chi connectivity index (χ2n) is 13.0. The molecule has 1 heterocycles. The maximum absolute atomic E-state index is 6.39. The lowest BCUT2D eigenvalue weighted by Gasteiger charge is -2.28. The Bertz CT molecular complexity index is 2230. The maximum atomic E-state index is 6.39.